The summed E-state index contributed by atoms with van der Waals surface area (Å²) in [7, 11) is 0. The third kappa shape index (κ3) is 5.89. The zero-order valence-electron chi connectivity index (χ0n) is 18.5. The van der Waals surface area contributed by atoms with E-state index >= 15 is 0 Å². The molecule has 3 rings (SSSR count). The number of aromatic nitrogens is 3. The number of aryl methyl sites for hydroxylation is 2. The van der Waals surface area contributed by atoms with Crippen LogP contribution in [0.15, 0.2) is 47.6 Å². The molecular weight excluding hydrogens is 446 g/mol. The van der Waals surface area contributed by atoms with Gasteiger partial charge in [-0.2, -0.15) is 0 Å². The van der Waals surface area contributed by atoms with E-state index in [1.807, 2.05) is 50.5 Å². The van der Waals surface area contributed by atoms with Gasteiger partial charge in [-0.3, -0.25) is 9.59 Å². The average Bonchev–Trinajstić information content (AvgIpc) is 3.17. The summed E-state index contributed by atoms with van der Waals surface area (Å²) in [5.74, 6) is 0.515. The molecule has 7 nitrogen and oxygen atoms in total. The van der Waals surface area contributed by atoms with E-state index in [0.717, 1.165) is 16.8 Å². The number of nitrogens with zero attached hydrogens (tertiary/aromatic N) is 3. The van der Waals surface area contributed by atoms with E-state index in [2.05, 4.69) is 20.8 Å². The van der Waals surface area contributed by atoms with Crippen LogP contribution >= 0.6 is 23.4 Å². The maximum atomic E-state index is 12.6. The highest BCUT2D eigenvalue weighted by atomic mass is 35.5. The van der Waals surface area contributed by atoms with Gasteiger partial charge in [0.2, 0.25) is 5.91 Å². The molecule has 0 aliphatic rings. The number of carbonyl (C=O) groups is 2. The number of nitrogens with one attached hydrogen (secondary N) is 2. The SMILES string of the molecule is CCn1c(SCC(=O)Nc2ccc(Cl)cc2C)nnc1[C@@H](C)NC(=O)c1cccc(C)c1. The molecule has 2 aromatic carbocycles. The number of benzene rings is 2. The van der Waals surface area contributed by atoms with Crippen LogP contribution < -0.4 is 10.6 Å². The van der Waals surface area contributed by atoms with E-state index in [1.54, 1.807) is 24.3 Å². The van der Waals surface area contributed by atoms with Crippen molar-refractivity contribution in [2.75, 3.05) is 11.1 Å². The van der Waals surface area contributed by atoms with E-state index in [9.17, 15) is 9.59 Å². The highest BCUT2D eigenvalue weighted by Gasteiger charge is 2.20. The minimum atomic E-state index is -0.338. The van der Waals surface area contributed by atoms with Crippen LogP contribution in [0, 0.1) is 13.8 Å². The minimum Gasteiger partial charge on any atom is -0.342 e. The van der Waals surface area contributed by atoms with Crippen molar-refractivity contribution in [3.63, 3.8) is 0 Å². The summed E-state index contributed by atoms with van der Waals surface area (Å²) in [6, 6.07) is 12.4. The fourth-order valence-corrected chi connectivity index (χ4v) is 4.27. The Labute approximate surface area is 197 Å². The summed E-state index contributed by atoms with van der Waals surface area (Å²) >= 11 is 7.27. The van der Waals surface area contributed by atoms with Crippen LogP contribution in [0.2, 0.25) is 5.02 Å². The van der Waals surface area contributed by atoms with Crippen LogP contribution in [-0.2, 0) is 11.3 Å². The van der Waals surface area contributed by atoms with Crippen molar-refractivity contribution in [3.8, 4) is 0 Å². The van der Waals surface area contributed by atoms with Crippen molar-refractivity contribution >= 4 is 40.9 Å². The molecule has 0 aliphatic carbocycles. The summed E-state index contributed by atoms with van der Waals surface area (Å²) in [5, 5.41) is 15.6. The number of anilines is 1. The lowest BCUT2D eigenvalue weighted by Gasteiger charge is -2.15. The van der Waals surface area contributed by atoms with Crippen LogP contribution in [0.4, 0.5) is 5.69 Å². The maximum absolute atomic E-state index is 12.6. The van der Waals surface area contributed by atoms with Gasteiger partial charge in [0.05, 0.1) is 11.8 Å². The summed E-state index contributed by atoms with van der Waals surface area (Å²) in [5.41, 5.74) is 3.24. The van der Waals surface area contributed by atoms with E-state index < -0.39 is 0 Å². The van der Waals surface area contributed by atoms with Gasteiger partial charge in [-0.15, -0.1) is 10.2 Å². The third-order valence-corrected chi connectivity index (χ3v) is 6.07. The van der Waals surface area contributed by atoms with Crippen LogP contribution in [0.1, 0.15) is 47.2 Å². The predicted molar refractivity (Wildman–Crippen MR) is 128 cm³/mol. The minimum absolute atomic E-state index is 0.145. The molecule has 0 saturated heterocycles. The normalized spacial score (nSPS) is 11.8. The lowest BCUT2D eigenvalue weighted by atomic mass is 10.1. The Bertz CT molecular complexity index is 1130. The summed E-state index contributed by atoms with van der Waals surface area (Å²) < 4.78 is 1.91. The first-order valence-corrected chi connectivity index (χ1v) is 11.6. The molecule has 1 atom stereocenters. The first-order valence-electron chi connectivity index (χ1n) is 10.3. The Morgan fingerprint density at radius 2 is 1.94 bits per heavy atom. The number of halogens is 1. The molecule has 0 spiro atoms. The number of thioether (sulfide) groups is 1. The molecule has 1 heterocycles. The average molecular weight is 472 g/mol. The summed E-state index contributed by atoms with van der Waals surface area (Å²) in [6.45, 7) is 8.30. The van der Waals surface area contributed by atoms with Crippen molar-refractivity contribution in [1.29, 1.82) is 0 Å². The van der Waals surface area contributed by atoms with Crippen molar-refractivity contribution in [2.24, 2.45) is 0 Å². The molecular formula is C23H26ClN5O2S. The smallest absolute Gasteiger partial charge is 0.251 e. The molecule has 0 bridgehead atoms. The second-order valence-corrected chi connectivity index (χ2v) is 8.82. The quantitative estimate of drug-likeness (QED) is 0.461. The van der Waals surface area contributed by atoms with Gasteiger partial charge in [0.25, 0.3) is 5.91 Å². The number of hydrogen-bond acceptors (Lipinski definition) is 5. The lowest BCUT2D eigenvalue weighted by Crippen LogP contribution is -2.28. The van der Waals surface area contributed by atoms with Gasteiger partial charge < -0.3 is 15.2 Å². The molecule has 3 aromatic rings. The van der Waals surface area contributed by atoms with Gasteiger partial charge in [0, 0.05) is 22.8 Å². The van der Waals surface area contributed by atoms with E-state index in [-0.39, 0.29) is 23.6 Å². The first kappa shape index (κ1) is 23.8. The fourth-order valence-electron chi connectivity index (χ4n) is 3.24. The van der Waals surface area contributed by atoms with Crippen LogP contribution in [0.5, 0.6) is 0 Å². The zero-order chi connectivity index (χ0) is 23.3. The molecule has 2 amide bonds. The van der Waals surface area contributed by atoms with E-state index in [1.165, 1.54) is 11.8 Å². The van der Waals surface area contributed by atoms with Crippen molar-refractivity contribution in [2.45, 2.75) is 45.4 Å². The molecule has 2 N–H and O–H groups in total. The van der Waals surface area contributed by atoms with Crippen LogP contribution in [-0.4, -0.2) is 32.3 Å². The van der Waals surface area contributed by atoms with Gasteiger partial charge in [-0.25, -0.2) is 0 Å². The van der Waals surface area contributed by atoms with Gasteiger partial charge in [0.1, 0.15) is 0 Å². The maximum Gasteiger partial charge on any atom is 0.251 e. The van der Waals surface area contributed by atoms with E-state index in [0.29, 0.717) is 28.1 Å². The predicted octanol–water partition coefficient (Wildman–Crippen LogP) is 4.79. The lowest BCUT2D eigenvalue weighted by molar-refractivity contribution is -0.113. The third-order valence-electron chi connectivity index (χ3n) is 4.87. The topological polar surface area (TPSA) is 88.9 Å². The first-order chi connectivity index (χ1) is 15.3. The standard InChI is InChI=1S/C23H26ClN5O2S/c1-5-29-21(16(4)25-22(31)17-8-6-7-14(2)11-17)27-28-23(29)32-13-20(30)26-19-10-9-18(24)12-15(19)3/h6-12,16H,5,13H2,1-4H3,(H,25,31)(H,26,30)/t16-/m1/s1. The molecule has 9 heteroatoms. The van der Waals surface area contributed by atoms with Gasteiger partial charge in [-0.05, 0) is 63.6 Å². The molecule has 168 valence electrons. The number of carbonyl (C=O) groups excluding carboxylic acids is 2. The summed E-state index contributed by atoms with van der Waals surface area (Å²) in [6.07, 6.45) is 0. The molecule has 0 radical (unpaired) electrons. The van der Waals surface area contributed by atoms with Crippen LogP contribution in [0.3, 0.4) is 0 Å². The zero-order valence-corrected chi connectivity index (χ0v) is 20.0. The Balaban J connectivity index is 1.63. The Morgan fingerprint density at radius 1 is 1.16 bits per heavy atom. The van der Waals surface area contributed by atoms with Gasteiger partial charge >= 0.3 is 0 Å². The van der Waals surface area contributed by atoms with Crippen molar-refractivity contribution < 1.29 is 9.59 Å². The monoisotopic (exact) mass is 471 g/mol. The Hall–Kier alpha value is -2.84. The van der Waals surface area contributed by atoms with Gasteiger partial charge in [-0.1, -0.05) is 41.1 Å². The molecule has 0 unspecified atom stereocenters. The van der Waals surface area contributed by atoms with Gasteiger partial charge in [0.15, 0.2) is 11.0 Å². The van der Waals surface area contributed by atoms with E-state index in [4.69, 9.17) is 11.6 Å². The number of hydrogen-bond donors (Lipinski definition) is 2. The molecule has 0 fully saturated rings. The number of amides is 2. The molecule has 0 aliphatic heterocycles. The van der Waals surface area contributed by atoms with Crippen molar-refractivity contribution in [1.82, 2.24) is 20.1 Å². The summed E-state index contributed by atoms with van der Waals surface area (Å²) in [4.78, 5) is 25.0. The Kier molecular flexibility index (Phi) is 7.93. The molecule has 32 heavy (non-hydrogen) atoms. The number of rotatable bonds is 8. The highest BCUT2D eigenvalue weighted by molar-refractivity contribution is 7.99. The van der Waals surface area contributed by atoms with Crippen LogP contribution in [0.25, 0.3) is 0 Å². The molecule has 1 aromatic heterocycles. The Morgan fingerprint density at radius 3 is 2.62 bits per heavy atom. The second kappa shape index (κ2) is 10.7. The fraction of sp³-hybridized carbons (Fsp3) is 0.304. The van der Waals surface area contributed by atoms with Crippen molar-refractivity contribution in [3.05, 3.63) is 70.0 Å². The largest absolute Gasteiger partial charge is 0.342 e. The highest BCUT2D eigenvalue weighted by Crippen LogP contribution is 2.23. The second-order valence-electron chi connectivity index (χ2n) is 7.45. The molecule has 0 saturated carbocycles.